The van der Waals surface area contributed by atoms with E-state index in [2.05, 4.69) is 29.5 Å². The molecule has 0 N–H and O–H groups in total. The zero-order valence-corrected chi connectivity index (χ0v) is 10.3. The van der Waals surface area contributed by atoms with Crippen molar-refractivity contribution in [2.45, 2.75) is 39.0 Å². The van der Waals surface area contributed by atoms with Crippen LogP contribution in [0.25, 0.3) is 0 Å². The monoisotopic (exact) mass is 292 g/mol. The summed E-state index contributed by atoms with van der Waals surface area (Å²) in [5, 5.41) is 0. The van der Waals surface area contributed by atoms with E-state index in [1.54, 1.807) is 14.0 Å². The highest BCUT2D eigenvalue weighted by Gasteiger charge is 2.15. The third kappa shape index (κ3) is 1.55. The second-order valence-corrected chi connectivity index (χ2v) is 5.82. The molecule has 1 aliphatic rings. The molecule has 0 amide bonds. The van der Waals surface area contributed by atoms with Crippen LogP contribution in [0.4, 0.5) is 0 Å². The van der Waals surface area contributed by atoms with Crippen LogP contribution >= 0.6 is 33.9 Å². The number of halogens is 1. The maximum atomic E-state index is 2.51. The minimum absolute atomic E-state index is 1.33. The van der Waals surface area contributed by atoms with E-state index in [0.717, 1.165) is 0 Å². The van der Waals surface area contributed by atoms with Crippen molar-refractivity contribution < 1.29 is 0 Å². The van der Waals surface area contributed by atoms with E-state index in [-0.39, 0.29) is 0 Å². The Hall–Kier alpha value is 0.430. The van der Waals surface area contributed by atoms with Crippen LogP contribution in [0.2, 0.25) is 0 Å². The predicted octanol–water partition coefficient (Wildman–Crippen LogP) is 3.93. The lowest BCUT2D eigenvalue weighted by atomic mass is 10.1. The van der Waals surface area contributed by atoms with Crippen molar-refractivity contribution in [2.24, 2.45) is 0 Å². The number of fused-ring (bicyclic) bond motifs is 1. The Morgan fingerprint density at radius 1 is 1.17 bits per heavy atom. The Morgan fingerprint density at radius 2 is 1.92 bits per heavy atom. The molecule has 2 heteroatoms. The molecule has 66 valence electrons. The molecular formula is C10H13IS. The van der Waals surface area contributed by atoms with Gasteiger partial charge in [0.05, 0.1) is 0 Å². The Balaban J connectivity index is 2.42. The van der Waals surface area contributed by atoms with Gasteiger partial charge in [-0.25, -0.2) is 0 Å². The van der Waals surface area contributed by atoms with Gasteiger partial charge in [-0.1, -0.05) is 6.42 Å². The number of hydrogen-bond donors (Lipinski definition) is 0. The number of hydrogen-bond acceptors (Lipinski definition) is 1. The second kappa shape index (κ2) is 3.66. The van der Waals surface area contributed by atoms with Gasteiger partial charge in [-0.15, -0.1) is 11.3 Å². The fourth-order valence-electron chi connectivity index (χ4n) is 1.84. The van der Waals surface area contributed by atoms with E-state index >= 15 is 0 Å². The van der Waals surface area contributed by atoms with Gasteiger partial charge in [0.25, 0.3) is 0 Å². The molecule has 12 heavy (non-hydrogen) atoms. The van der Waals surface area contributed by atoms with E-state index < -0.39 is 0 Å². The number of rotatable bonds is 0. The van der Waals surface area contributed by atoms with Crippen LogP contribution in [-0.4, -0.2) is 0 Å². The molecule has 0 atom stereocenters. The Bertz CT molecular complexity index is 288. The van der Waals surface area contributed by atoms with Crippen LogP contribution in [0.5, 0.6) is 0 Å². The average molecular weight is 292 g/mol. The Morgan fingerprint density at radius 3 is 2.75 bits per heavy atom. The van der Waals surface area contributed by atoms with Crippen molar-refractivity contribution in [2.75, 3.05) is 0 Å². The molecule has 1 aromatic heterocycles. The molecule has 2 rings (SSSR count). The molecule has 1 aromatic rings. The lowest BCUT2D eigenvalue weighted by Gasteiger charge is -1.96. The maximum absolute atomic E-state index is 2.51. The summed E-state index contributed by atoms with van der Waals surface area (Å²) in [6, 6.07) is 0. The number of aryl methyl sites for hydroxylation is 2. The summed E-state index contributed by atoms with van der Waals surface area (Å²) >= 11 is 4.53. The number of thiophene rings is 1. The minimum atomic E-state index is 1.33. The summed E-state index contributed by atoms with van der Waals surface area (Å²) in [6.07, 6.45) is 6.90. The van der Waals surface area contributed by atoms with Crippen LogP contribution in [0, 0.1) is 10.5 Å². The first-order chi connectivity index (χ1) is 5.79. The van der Waals surface area contributed by atoms with Crippen LogP contribution in [-0.2, 0) is 12.8 Å². The third-order valence-electron chi connectivity index (χ3n) is 2.52. The average Bonchev–Trinajstić information content (AvgIpc) is 2.30. The van der Waals surface area contributed by atoms with Crippen LogP contribution in [0.3, 0.4) is 0 Å². The van der Waals surface area contributed by atoms with Crippen LogP contribution < -0.4 is 0 Å². The van der Waals surface area contributed by atoms with Crippen molar-refractivity contribution in [1.82, 2.24) is 0 Å². The fraction of sp³-hybridized carbons (Fsp3) is 0.600. The molecule has 1 heterocycles. The first-order valence-electron chi connectivity index (χ1n) is 4.55. The Labute approximate surface area is 91.5 Å². The van der Waals surface area contributed by atoms with E-state index in [9.17, 15) is 0 Å². The van der Waals surface area contributed by atoms with Gasteiger partial charge < -0.3 is 0 Å². The van der Waals surface area contributed by atoms with Crippen molar-refractivity contribution in [3.63, 3.8) is 0 Å². The van der Waals surface area contributed by atoms with Gasteiger partial charge in [0.15, 0.2) is 0 Å². The van der Waals surface area contributed by atoms with E-state index in [1.165, 1.54) is 37.0 Å². The molecule has 0 nitrogen and oxygen atoms in total. The van der Waals surface area contributed by atoms with Gasteiger partial charge in [-0.05, 0) is 60.8 Å². The topological polar surface area (TPSA) is 0 Å². The van der Waals surface area contributed by atoms with Gasteiger partial charge in [0.1, 0.15) is 0 Å². The van der Waals surface area contributed by atoms with Gasteiger partial charge in [0.2, 0.25) is 0 Å². The molecule has 1 aliphatic carbocycles. The minimum Gasteiger partial charge on any atom is -0.144 e. The molecule has 0 aromatic carbocycles. The summed E-state index contributed by atoms with van der Waals surface area (Å²) in [6.45, 7) is 2.25. The quantitative estimate of drug-likeness (QED) is 0.502. The summed E-state index contributed by atoms with van der Waals surface area (Å²) in [7, 11) is 0. The first-order valence-corrected chi connectivity index (χ1v) is 6.45. The predicted molar refractivity (Wildman–Crippen MR) is 63.0 cm³/mol. The lowest BCUT2D eigenvalue weighted by Crippen LogP contribution is -1.86. The van der Waals surface area contributed by atoms with Gasteiger partial charge in [-0.3, -0.25) is 0 Å². The van der Waals surface area contributed by atoms with Crippen molar-refractivity contribution in [3.8, 4) is 0 Å². The smallest absolute Gasteiger partial charge is 0.0301 e. The molecule has 0 unspecified atom stereocenters. The normalized spacial score (nSPS) is 17.2. The molecule has 0 bridgehead atoms. The lowest BCUT2D eigenvalue weighted by molar-refractivity contribution is 0.712. The second-order valence-electron chi connectivity index (χ2n) is 3.43. The van der Waals surface area contributed by atoms with Crippen molar-refractivity contribution in [3.05, 3.63) is 18.9 Å². The largest absolute Gasteiger partial charge is 0.144 e. The van der Waals surface area contributed by atoms with E-state index in [1.807, 2.05) is 11.3 Å². The molecule has 0 fully saturated rings. The molecule has 0 aliphatic heterocycles. The first kappa shape index (κ1) is 9.00. The van der Waals surface area contributed by atoms with Crippen molar-refractivity contribution >= 4 is 33.9 Å². The zero-order chi connectivity index (χ0) is 8.55. The van der Waals surface area contributed by atoms with E-state index in [0.29, 0.717) is 0 Å². The molecule has 0 spiro atoms. The Kier molecular flexibility index (Phi) is 2.75. The highest BCUT2D eigenvalue weighted by Crippen LogP contribution is 2.33. The SMILES string of the molecule is Cc1sc2c(c1I)CCCCC2. The fourth-order valence-corrected chi connectivity index (χ4v) is 4.11. The standard InChI is InChI=1S/C10H13IS/c1-7-10(11)8-5-3-2-4-6-9(8)12-7/h2-6H2,1H3. The van der Waals surface area contributed by atoms with Crippen LogP contribution in [0.1, 0.15) is 34.6 Å². The third-order valence-corrected chi connectivity index (χ3v) is 5.55. The summed E-state index contributed by atoms with van der Waals surface area (Å²) in [4.78, 5) is 3.21. The molecule has 0 saturated carbocycles. The summed E-state index contributed by atoms with van der Waals surface area (Å²) in [5.74, 6) is 0. The maximum Gasteiger partial charge on any atom is 0.0301 e. The van der Waals surface area contributed by atoms with Gasteiger partial charge in [-0.2, -0.15) is 0 Å². The van der Waals surface area contributed by atoms with Gasteiger partial charge in [0, 0.05) is 13.3 Å². The van der Waals surface area contributed by atoms with Crippen molar-refractivity contribution in [1.29, 1.82) is 0 Å². The summed E-state index contributed by atoms with van der Waals surface area (Å²) in [5.41, 5.74) is 1.68. The van der Waals surface area contributed by atoms with Gasteiger partial charge >= 0.3 is 0 Å². The molecule has 0 radical (unpaired) electrons. The highest BCUT2D eigenvalue weighted by molar-refractivity contribution is 14.1. The van der Waals surface area contributed by atoms with Crippen LogP contribution in [0.15, 0.2) is 0 Å². The highest BCUT2D eigenvalue weighted by atomic mass is 127. The van der Waals surface area contributed by atoms with E-state index in [4.69, 9.17) is 0 Å². The molecular weight excluding hydrogens is 279 g/mol. The molecule has 0 saturated heterocycles. The summed E-state index contributed by atoms with van der Waals surface area (Å²) < 4.78 is 1.55. The zero-order valence-electron chi connectivity index (χ0n) is 7.32.